The Morgan fingerprint density at radius 2 is 1.67 bits per heavy atom. The zero-order valence-electron chi connectivity index (χ0n) is 27.4. The van der Waals surface area contributed by atoms with Crippen LogP contribution in [0, 0.1) is 13.8 Å². The maximum Gasteiger partial charge on any atom is 0.481 e. The van der Waals surface area contributed by atoms with Crippen molar-refractivity contribution in [2.75, 3.05) is 23.4 Å². The highest BCUT2D eigenvalue weighted by atomic mass is 32.1. The number of nitrogens with zero attached hydrogens (tertiary/aromatic N) is 9. The number of aromatic nitrogens is 11. The van der Waals surface area contributed by atoms with E-state index in [2.05, 4.69) is 64.0 Å². The fraction of sp³-hybridized carbons (Fsp3) is 0.222. The van der Waals surface area contributed by atoms with Gasteiger partial charge in [-0.15, -0.1) is 0 Å². The molecule has 1 unspecified atom stereocenters. The van der Waals surface area contributed by atoms with E-state index in [0.29, 0.717) is 47.4 Å². The first-order valence-corrected chi connectivity index (χ1v) is 18.8. The van der Waals surface area contributed by atoms with E-state index < -0.39 is 15.6 Å². The molecule has 0 aliphatic carbocycles. The molecule has 7 rings (SSSR count). The van der Waals surface area contributed by atoms with E-state index in [0.717, 1.165) is 33.2 Å². The lowest BCUT2D eigenvalue weighted by Crippen LogP contribution is -2.35. The monoisotopic (exact) mass is 775 g/mol. The molecule has 0 radical (unpaired) electrons. The number of imidazole rings is 2. The first kappa shape index (κ1) is 38.0. The van der Waals surface area contributed by atoms with E-state index in [1.165, 1.54) is 30.3 Å². The summed E-state index contributed by atoms with van der Waals surface area (Å²) >= 11 is 1.40. The number of aromatic amines is 2. The van der Waals surface area contributed by atoms with Crippen molar-refractivity contribution in [2.45, 2.75) is 33.4 Å². The number of fused-ring (bicyclic) bond motifs is 2. The maximum atomic E-state index is 11.4. The number of nitrogens with one attached hydrogen (secondary N) is 3. The second-order valence-electron chi connectivity index (χ2n) is 10.4. The number of hydrogen-bond donors (Lipinski definition) is 8. The number of H-pyrrole nitrogens is 2. The summed E-state index contributed by atoms with van der Waals surface area (Å²) in [5.41, 5.74) is 17.6. The number of phosphoric acid groups is 2. The van der Waals surface area contributed by atoms with Gasteiger partial charge in [0.1, 0.15) is 41.1 Å². The molecule has 0 saturated carbocycles. The first-order chi connectivity index (χ1) is 24.8. The number of nitrogen functional groups attached to an aromatic ring is 2. The molecule has 0 bridgehead atoms. The lowest BCUT2D eigenvalue weighted by atomic mass is 10.2. The fourth-order valence-corrected chi connectivity index (χ4v) is 6.91. The van der Waals surface area contributed by atoms with E-state index in [1.807, 2.05) is 29.1 Å². The molecule has 0 fully saturated rings. The second-order valence-corrected chi connectivity index (χ2v) is 14.2. The summed E-state index contributed by atoms with van der Waals surface area (Å²) < 4.78 is 37.5. The number of furan rings is 1. The number of rotatable bonds is 11. The average Bonchev–Trinajstić information content (AvgIpc) is 3.91. The van der Waals surface area contributed by atoms with Crippen LogP contribution >= 0.6 is 27.0 Å². The maximum absolute atomic E-state index is 11.4. The summed E-state index contributed by atoms with van der Waals surface area (Å²) in [5, 5.41) is 3.16. The quantitative estimate of drug-likeness (QED) is 0.0690. The van der Waals surface area contributed by atoms with Gasteiger partial charge < -0.3 is 45.8 Å². The molecule has 0 amide bonds. The first-order valence-electron chi connectivity index (χ1n) is 14.9. The summed E-state index contributed by atoms with van der Waals surface area (Å²) in [6.45, 7) is 4.41. The molecule has 0 saturated heterocycles. The van der Waals surface area contributed by atoms with Crippen LogP contribution in [0.1, 0.15) is 27.7 Å². The number of anilines is 3. The van der Waals surface area contributed by atoms with Gasteiger partial charge in [0.25, 0.3) is 0 Å². The van der Waals surface area contributed by atoms with E-state index in [9.17, 15) is 14.0 Å². The Bertz CT molecular complexity index is 2330. The summed E-state index contributed by atoms with van der Waals surface area (Å²) in [7, 11) is -9.94. The highest BCUT2D eigenvalue weighted by Gasteiger charge is 2.32. The van der Waals surface area contributed by atoms with Crippen LogP contribution < -0.4 is 21.4 Å². The predicted molar refractivity (Wildman–Crippen MR) is 186 cm³/mol. The highest BCUT2D eigenvalue weighted by Crippen LogP contribution is 2.57. The molecule has 0 spiro atoms. The number of aryl methyl sites for hydroxylation is 1. The van der Waals surface area contributed by atoms with Gasteiger partial charge in [0.2, 0.25) is 5.51 Å². The number of thiazole rings is 1. The molecule has 7 heterocycles. The normalized spacial score (nSPS) is 12.5. The predicted octanol–water partition coefficient (Wildman–Crippen LogP) is 2.33. The minimum atomic E-state index is -5.12. The second kappa shape index (κ2) is 16.8. The average molecular weight is 776 g/mol. The minimum Gasteiger partial charge on any atom is -0.467 e. The van der Waals surface area contributed by atoms with Gasteiger partial charge in [-0.05, 0) is 19.1 Å². The molecule has 0 aromatic carbocycles. The molecule has 274 valence electrons. The van der Waals surface area contributed by atoms with E-state index >= 15 is 0 Å². The van der Waals surface area contributed by atoms with Crippen LogP contribution in [-0.4, -0.2) is 71.1 Å². The number of phosphoric ester groups is 1. The van der Waals surface area contributed by atoms with Gasteiger partial charge in [-0.2, -0.15) is 8.88 Å². The van der Waals surface area contributed by atoms with Crippen molar-refractivity contribution in [1.29, 1.82) is 0 Å². The Kier molecular flexibility index (Phi) is 12.3. The van der Waals surface area contributed by atoms with Gasteiger partial charge in [0.15, 0.2) is 35.2 Å². The zero-order chi connectivity index (χ0) is 37.3. The molecule has 10 N–H and O–H groups in total. The minimum absolute atomic E-state index is 0.245. The standard InChI is InChI=1S/C12H18N4O7P2S.C10H9N5O.C5H5N5/c1-8-11(3-4-22-25(20,21)23-24(17,18)19)26-7-16(8)6-10-5-14-9(2)15-12(10)13;1-2-7(16-3-1)4-11-9-8-10(13-5-12-8)15-6-14-9;6-4-3-5(9-1-7-3)10-2-8-4/h5,7H,3-4,6H2,1-2H3,(H4-,13,14,15,17,18,19,20,21);1-3,5-6H,4H2,(H2,11,12,13,14,15);1-2H,(H3,6,7,8,9,10)/p+1. The smallest absolute Gasteiger partial charge is 0.467 e. The van der Waals surface area contributed by atoms with Crippen molar-refractivity contribution in [2.24, 2.45) is 0 Å². The summed E-state index contributed by atoms with van der Waals surface area (Å²) in [5.74, 6) is 2.99. The molecule has 0 aliphatic heterocycles. The van der Waals surface area contributed by atoms with Crippen molar-refractivity contribution in [3.8, 4) is 0 Å². The van der Waals surface area contributed by atoms with Crippen LogP contribution in [0.5, 0.6) is 0 Å². The SMILES string of the molecule is Cc1ncc(C[n+]2csc(CCOP(=O)(O)OP(=O)(O)O)c2C)c(N)n1.Nc1ncnc2nc[nH]c12.c1coc(CNc2ncnc3nc[nH]c23)c1. The number of nitrogens with two attached hydrogens (primary N) is 2. The zero-order valence-corrected chi connectivity index (χ0v) is 30.0. The summed E-state index contributed by atoms with van der Waals surface area (Å²) in [4.78, 5) is 65.0. The van der Waals surface area contributed by atoms with E-state index in [4.69, 9.17) is 25.7 Å². The van der Waals surface area contributed by atoms with Crippen LogP contribution in [0.4, 0.5) is 17.5 Å². The van der Waals surface area contributed by atoms with Gasteiger partial charge in [0.05, 0.1) is 42.5 Å². The lowest BCUT2D eigenvalue weighted by molar-refractivity contribution is -0.689. The van der Waals surface area contributed by atoms with Gasteiger partial charge in [-0.3, -0.25) is 4.52 Å². The van der Waals surface area contributed by atoms with Crippen LogP contribution in [0.15, 0.2) is 59.8 Å². The molecule has 0 aliphatic rings. The third-order valence-electron chi connectivity index (χ3n) is 6.79. The molecule has 22 nitrogen and oxygen atoms in total. The molecule has 7 aromatic rings. The third-order valence-corrected chi connectivity index (χ3v) is 10.1. The van der Waals surface area contributed by atoms with Crippen molar-refractivity contribution >= 4 is 66.8 Å². The fourth-order valence-electron chi connectivity index (χ4n) is 4.34. The van der Waals surface area contributed by atoms with Crippen LogP contribution in [0.3, 0.4) is 0 Å². The van der Waals surface area contributed by atoms with Gasteiger partial charge in [-0.1, -0.05) is 11.3 Å². The van der Waals surface area contributed by atoms with Crippen molar-refractivity contribution in [3.63, 3.8) is 0 Å². The Balaban J connectivity index is 0.000000168. The summed E-state index contributed by atoms with van der Waals surface area (Å²) in [6.07, 6.45) is 9.56. The van der Waals surface area contributed by atoms with Crippen molar-refractivity contribution in [1.82, 2.24) is 49.8 Å². The largest absolute Gasteiger partial charge is 0.481 e. The van der Waals surface area contributed by atoms with Crippen molar-refractivity contribution in [3.05, 3.63) is 83.1 Å². The molecule has 7 aromatic heterocycles. The number of hydrogen-bond acceptors (Lipinski definition) is 17. The van der Waals surface area contributed by atoms with Crippen molar-refractivity contribution < 1.29 is 41.6 Å². The molecular weight excluding hydrogens is 742 g/mol. The van der Waals surface area contributed by atoms with E-state index in [1.54, 1.807) is 25.7 Å². The highest BCUT2D eigenvalue weighted by molar-refractivity contribution is 7.60. The van der Waals surface area contributed by atoms with Crippen LogP contribution in [0.2, 0.25) is 0 Å². The topological polar surface area (TPSA) is 329 Å². The van der Waals surface area contributed by atoms with E-state index in [-0.39, 0.29) is 13.0 Å². The molecule has 25 heteroatoms. The lowest BCUT2D eigenvalue weighted by Gasteiger charge is -2.11. The van der Waals surface area contributed by atoms with Gasteiger partial charge in [-0.25, -0.2) is 49.0 Å². The molecular formula is C27H33N14O8P2S+. The summed E-state index contributed by atoms with van der Waals surface area (Å²) in [6, 6.07) is 3.75. The Morgan fingerprint density at radius 3 is 2.35 bits per heavy atom. The Morgan fingerprint density at radius 1 is 0.962 bits per heavy atom. The molecule has 52 heavy (non-hydrogen) atoms. The Labute approximate surface area is 297 Å². The van der Waals surface area contributed by atoms with Crippen LogP contribution in [0.25, 0.3) is 22.3 Å². The van der Waals surface area contributed by atoms with Crippen LogP contribution in [-0.2, 0) is 37.5 Å². The third kappa shape index (κ3) is 10.6. The Hall–Kier alpha value is -5.25. The molecule has 1 atom stereocenters. The van der Waals surface area contributed by atoms with Gasteiger partial charge in [0, 0.05) is 19.5 Å². The van der Waals surface area contributed by atoms with Gasteiger partial charge >= 0.3 is 15.6 Å².